The minimum atomic E-state index is 0.0519. The summed E-state index contributed by atoms with van der Waals surface area (Å²) in [5.41, 5.74) is 3.54. The molecule has 0 amide bonds. The molecule has 1 aliphatic heterocycles. The lowest BCUT2D eigenvalue weighted by Gasteiger charge is -2.32. The average Bonchev–Trinajstić information content (AvgIpc) is 3.33. The van der Waals surface area contributed by atoms with Crippen LogP contribution >= 0.6 is 0 Å². The normalized spacial score (nSPS) is 14.4. The van der Waals surface area contributed by atoms with Crippen molar-refractivity contribution in [3.05, 3.63) is 89.3 Å². The molecule has 7 nitrogen and oxygen atoms in total. The van der Waals surface area contributed by atoms with E-state index in [-0.39, 0.29) is 11.7 Å². The predicted octanol–water partition coefficient (Wildman–Crippen LogP) is 4.53. The summed E-state index contributed by atoms with van der Waals surface area (Å²) in [7, 11) is 0. The quantitative estimate of drug-likeness (QED) is 0.408. The standard InChI is InChI=1S/C26H25N5O2/c1-18-7-5-6-10-21(18)25(32)20-13-15-31(16-14-20)23-12-11-22(27-28-23)26-30-29-24(33-26)17-19-8-3-2-4-9-19/h2-12,20H,13-17H2,1H3. The van der Waals surface area contributed by atoms with Crippen LogP contribution in [-0.4, -0.2) is 39.3 Å². The van der Waals surface area contributed by atoms with Crippen molar-refractivity contribution in [2.75, 3.05) is 18.0 Å². The minimum Gasteiger partial charge on any atom is -0.419 e. The predicted molar refractivity (Wildman–Crippen MR) is 125 cm³/mol. The molecule has 3 heterocycles. The zero-order valence-electron chi connectivity index (χ0n) is 18.5. The fraction of sp³-hybridized carbons (Fsp3) is 0.269. The minimum absolute atomic E-state index is 0.0519. The van der Waals surface area contributed by atoms with E-state index in [9.17, 15) is 4.79 Å². The smallest absolute Gasteiger partial charge is 0.268 e. The van der Waals surface area contributed by atoms with Crippen LogP contribution in [0, 0.1) is 12.8 Å². The highest BCUT2D eigenvalue weighted by Gasteiger charge is 2.27. The second-order valence-corrected chi connectivity index (χ2v) is 8.38. The molecular weight excluding hydrogens is 414 g/mol. The van der Waals surface area contributed by atoms with Crippen molar-refractivity contribution < 1.29 is 9.21 Å². The van der Waals surface area contributed by atoms with E-state index in [4.69, 9.17) is 4.42 Å². The molecule has 0 aliphatic carbocycles. The molecule has 2 aromatic carbocycles. The van der Waals surface area contributed by atoms with Gasteiger partial charge in [-0.2, -0.15) is 0 Å². The Morgan fingerprint density at radius 2 is 1.67 bits per heavy atom. The van der Waals surface area contributed by atoms with Gasteiger partial charge in [0.1, 0.15) is 5.69 Å². The first-order valence-electron chi connectivity index (χ1n) is 11.2. The summed E-state index contributed by atoms with van der Waals surface area (Å²) < 4.78 is 5.78. The van der Waals surface area contributed by atoms with Crippen molar-refractivity contribution in [3.63, 3.8) is 0 Å². The molecule has 0 spiro atoms. The first-order valence-corrected chi connectivity index (χ1v) is 11.2. The highest BCUT2D eigenvalue weighted by molar-refractivity contribution is 5.99. The molecule has 1 saturated heterocycles. The van der Waals surface area contributed by atoms with Gasteiger partial charge in [-0.25, -0.2) is 0 Å². The molecule has 0 atom stereocenters. The molecule has 7 heteroatoms. The summed E-state index contributed by atoms with van der Waals surface area (Å²) in [4.78, 5) is 15.1. The summed E-state index contributed by atoms with van der Waals surface area (Å²) in [6.45, 7) is 3.55. The number of anilines is 1. The van der Waals surface area contributed by atoms with Crippen LogP contribution < -0.4 is 4.90 Å². The number of carbonyl (C=O) groups excluding carboxylic acids is 1. The number of piperidine rings is 1. The van der Waals surface area contributed by atoms with Crippen molar-refractivity contribution in [3.8, 4) is 11.6 Å². The maximum absolute atomic E-state index is 12.9. The zero-order chi connectivity index (χ0) is 22.6. The average molecular weight is 440 g/mol. The summed E-state index contributed by atoms with van der Waals surface area (Å²) in [6.07, 6.45) is 2.20. The molecule has 5 rings (SSSR count). The molecule has 0 radical (unpaired) electrons. The van der Waals surface area contributed by atoms with Crippen LogP contribution in [0.2, 0.25) is 0 Å². The number of Topliss-reactive ketones (excluding diaryl/α,β-unsaturated/α-hetero) is 1. The van der Waals surface area contributed by atoms with Crippen molar-refractivity contribution >= 4 is 11.6 Å². The van der Waals surface area contributed by atoms with Gasteiger partial charge in [-0.3, -0.25) is 4.79 Å². The molecule has 0 saturated carbocycles. The highest BCUT2D eigenvalue weighted by atomic mass is 16.4. The van der Waals surface area contributed by atoms with E-state index in [1.807, 2.05) is 73.7 Å². The van der Waals surface area contributed by atoms with E-state index in [0.717, 1.165) is 48.4 Å². The van der Waals surface area contributed by atoms with Gasteiger partial charge in [0.2, 0.25) is 5.89 Å². The Bertz CT molecular complexity index is 1230. The SMILES string of the molecule is Cc1ccccc1C(=O)C1CCN(c2ccc(-c3nnc(Cc4ccccc4)o3)nn2)CC1. The van der Waals surface area contributed by atoms with Crippen LogP contribution in [-0.2, 0) is 6.42 Å². The van der Waals surface area contributed by atoms with E-state index >= 15 is 0 Å². The molecule has 0 unspecified atom stereocenters. The molecule has 0 N–H and O–H groups in total. The molecular formula is C26H25N5O2. The number of benzene rings is 2. The third kappa shape index (κ3) is 4.67. The number of hydrogen-bond donors (Lipinski definition) is 0. The molecule has 2 aromatic heterocycles. The van der Waals surface area contributed by atoms with Crippen LogP contribution in [0.1, 0.15) is 40.2 Å². The van der Waals surface area contributed by atoms with Crippen LogP contribution in [0.3, 0.4) is 0 Å². The second-order valence-electron chi connectivity index (χ2n) is 8.38. The molecule has 166 valence electrons. The van der Waals surface area contributed by atoms with Crippen LogP contribution in [0.15, 0.2) is 71.1 Å². The Morgan fingerprint density at radius 3 is 2.39 bits per heavy atom. The first kappa shape index (κ1) is 21.0. The van der Waals surface area contributed by atoms with Crippen molar-refractivity contribution in [2.24, 2.45) is 5.92 Å². The largest absolute Gasteiger partial charge is 0.419 e. The highest BCUT2D eigenvalue weighted by Crippen LogP contribution is 2.26. The number of ketones is 1. The summed E-state index contributed by atoms with van der Waals surface area (Å²) in [6, 6.07) is 21.6. The summed E-state index contributed by atoms with van der Waals surface area (Å²) >= 11 is 0. The lowest BCUT2D eigenvalue weighted by atomic mass is 9.87. The van der Waals surface area contributed by atoms with E-state index in [2.05, 4.69) is 25.3 Å². The van der Waals surface area contributed by atoms with Gasteiger partial charge < -0.3 is 9.32 Å². The van der Waals surface area contributed by atoms with Gasteiger partial charge in [-0.05, 0) is 43.0 Å². The maximum atomic E-state index is 12.9. The summed E-state index contributed by atoms with van der Waals surface area (Å²) in [5.74, 6) is 2.00. The number of carbonyl (C=O) groups is 1. The number of hydrogen-bond acceptors (Lipinski definition) is 7. The fourth-order valence-corrected chi connectivity index (χ4v) is 4.25. The third-order valence-electron chi connectivity index (χ3n) is 6.13. The summed E-state index contributed by atoms with van der Waals surface area (Å²) in [5, 5.41) is 16.9. The van der Waals surface area contributed by atoms with Gasteiger partial charge in [0.25, 0.3) is 5.89 Å². The third-order valence-corrected chi connectivity index (χ3v) is 6.13. The van der Waals surface area contributed by atoms with Gasteiger partial charge in [0, 0.05) is 24.6 Å². The lowest BCUT2D eigenvalue weighted by Crippen LogP contribution is -2.37. The number of nitrogens with zero attached hydrogens (tertiary/aromatic N) is 5. The maximum Gasteiger partial charge on any atom is 0.268 e. The van der Waals surface area contributed by atoms with Crippen molar-refractivity contribution in [1.82, 2.24) is 20.4 Å². The zero-order valence-corrected chi connectivity index (χ0v) is 18.5. The Labute approximate surface area is 192 Å². The van der Waals surface area contributed by atoms with Gasteiger partial charge in [0.15, 0.2) is 11.6 Å². The van der Waals surface area contributed by atoms with E-state index in [0.29, 0.717) is 23.9 Å². The van der Waals surface area contributed by atoms with E-state index in [1.54, 1.807) is 0 Å². The fourth-order valence-electron chi connectivity index (χ4n) is 4.25. The Kier molecular flexibility index (Phi) is 5.93. The monoisotopic (exact) mass is 439 g/mol. The number of aromatic nitrogens is 4. The topological polar surface area (TPSA) is 85.0 Å². The van der Waals surface area contributed by atoms with Gasteiger partial charge >= 0.3 is 0 Å². The van der Waals surface area contributed by atoms with Crippen LogP contribution in [0.5, 0.6) is 0 Å². The van der Waals surface area contributed by atoms with Gasteiger partial charge in [0.05, 0.1) is 6.42 Å². The second kappa shape index (κ2) is 9.32. The molecule has 0 bridgehead atoms. The number of aryl methyl sites for hydroxylation is 1. The Balaban J connectivity index is 1.20. The van der Waals surface area contributed by atoms with Crippen LogP contribution in [0.25, 0.3) is 11.6 Å². The van der Waals surface area contributed by atoms with Crippen molar-refractivity contribution in [1.29, 1.82) is 0 Å². The van der Waals surface area contributed by atoms with E-state index < -0.39 is 0 Å². The molecule has 33 heavy (non-hydrogen) atoms. The molecule has 4 aromatic rings. The van der Waals surface area contributed by atoms with Crippen LogP contribution in [0.4, 0.5) is 5.82 Å². The molecule has 1 fully saturated rings. The van der Waals surface area contributed by atoms with Gasteiger partial charge in [-0.15, -0.1) is 20.4 Å². The first-order chi connectivity index (χ1) is 16.2. The van der Waals surface area contributed by atoms with Crippen molar-refractivity contribution in [2.45, 2.75) is 26.2 Å². The number of rotatable bonds is 6. The van der Waals surface area contributed by atoms with Gasteiger partial charge in [-0.1, -0.05) is 54.6 Å². The Hall–Kier alpha value is -3.87. The molecule has 1 aliphatic rings. The van der Waals surface area contributed by atoms with E-state index in [1.165, 1.54) is 0 Å². The lowest BCUT2D eigenvalue weighted by molar-refractivity contribution is 0.0900. The Morgan fingerprint density at radius 1 is 0.909 bits per heavy atom.